The van der Waals surface area contributed by atoms with Gasteiger partial charge in [-0.25, -0.2) is 0 Å². The zero-order chi connectivity index (χ0) is 15.6. The van der Waals surface area contributed by atoms with Crippen LogP contribution in [-0.4, -0.2) is 14.1 Å². The summed E-state index contributed by atoms with van der Waals surface area (Å²) in [7, 11) is 4.01. The van der Waals surface area contributed by atoms with Crippen LogP contribution >= 0.6 is 0 Å². The number of hydrogen-bond donors (Lipinski definition) is 1. The molecule has 0 fully saturated rings. The lowest BCUT2D eigenvalue weighted by molar-refractivity contribution is 0.306. The fraction of sp³-hybridized carbons (Fsp3) is 0.333. The van der Waals surface area contributed by atoms with E-state index in [2.05, 4.69) is 32.9 Å². The lowest BCUT2D eigenvalue weighted by atomic mass is 10.0. The molecule has 0 aliphatic rings. The Morgan fingerprint density at radius 3 is 2.19 bits per heavy atom. The zero-order valence-corrected chi connectivity index (χ0v) is 13.5. The summed E-state index contributed by atoms with van der Waals surface area (Å²) in [6.07, 6.45) is 0. The molecule has 0 spiro atoms. The third-order valence-corrected chi connectivity index (χ3v) is 3.73. The molecule has 0 bridgehead atoms. The number of nitrogen functional groups attached to an aromatic ring is 1. The summed E-state index contributed by atoms with van der Waals surface area (Å²) in [5.41, 5.74) is 12.8. The van der Waals surface area contributed by atoms with E-state index < -0.39 is 0 Å². The number of nitrogens with zero attached hydrogens (tertiary/aromatic N) is 1. The van der Waals surface area contributed by atoms with Gasteiger partial charge in [0, 0.05) is 25.8 Å². The molecule has 2 aromatic rings. The Bertz CT molecular complexity index is 625. The normalized spacial score (nSPS) is 10.5. The minimum Gasteiger partial charge on any atom is -0.487 e. The third-order valence-electron chi connectivity index (χ3n) is 3.73. The Morgan fingerprint density at radius 2 is 1.62 bits per heavy atom. The van der Waals surface area contributed by atoms with E-state index in [0.717, 1.165) is 11.4 Å². The van der Waals surface area contributed by atoms with Crippen LogP contribution in [0.2, 0.25) is 0 Å². The molecule has 21 heavy (non-hydrogen) atoms. The van der Waals surface area contributed by atoms with Crippen LogP contribution in [0.3, 0.4) is 0 Å². The summed E-state index contributed by atoms with van der Waals surface area (Å²) in [4.78, 5) is 2.04. The number of rotatable bonds is 4. The standard InChI is InChI=1S/C18H24N2O/c1-12-8-13(2)16(14(3)9-12)11-21-18-10-15(20(4)5)6-7-17(18)19/h6-10H,11,19H2,1-5H3. The third kappa shape index (κ3) is 3.48. The Morgan fingerprint density at radius 1 is 1.00 bits per heavy atom. The highest BCUT2D eigenvalue weighted by atomic mass is 16.5. The minimum absolute atomic E-state index is 0.541. The largest absolute Gasteiger partial charge is 0.487 e. The van der Waals surface area contributed by atoms with Crippen LogP contribution in [0.15, 0.2) is 30.3 Å². The first-order valence-electron chi connectivity index (χ1n) is 7.15. The SMILES string of the molecule is Cc1cc(C)c(COc2cc(N(C)C)ccc2N)c(C)c1. The monoisotopic (exact) mass is 284 g/mol. The van der Waals surface area contributed by atoms with Crippen LogP contribution in [0.1, 0.15) is 22.3 Å². The van der Waals surface area contributed by atoms with Crippen LogP contribution in [0.4, 0.5) is 11.4 Å². The van der Waals surface area contributed by atoms with E-state index >= 15 is 0 Å². The average Bonchev–Trinajstić information content (AvgIpc) is 2.39. The zero-order valence-electron chi connectivity index (χ0n) is 13.5. The quantitative estimate of drug-likeness (QED) is 0.867. The molecule has 0 aliphatic carbocycles. The first-order valence-corrected chi connectivity index (χ1v) is 7.15. The van der Waals surface area contributed by atoms with E-state index in [1.807, 2.05) is 37.2 Å². The molecule has 0 radical (unpaired) electrons. The van der Waals surface area contributed by atoms with Gasteiger partial charge in [-0.1, -0.05) is 17.7 Å². The summed E-state index contributed by atoms with van der Waals surface area (Å²) in [5, 5.41) is 0. The van der Waals surface area contributed by atoms with Crippen LogP contribution in [0, 0.1) is 20.8 Å². The van der Waals surface area contributed by atoms with Crippen LogP contribution < -0.4 is 15.4 Å². The Kier molecular flexibility index (Phi) is 4.41. The molecule has 112 valence electrons. The summed E-state index contributed by atoms with van der Waals surface area (Å²) in [6.45, 7) is 6.90. The molecule has 0 saturated carbocycles. The first kappa shape index (κ1) is 15.2. The van der Waals surface area contributed by atoms with Crippen LogP contribution in [0.25, 0.3) is 0 Å². The number of anilines is 2. The molecule has 0 unspecified atom stereocenters. The number of aryl methyl sites for hydroxylation is 3. The van der Waals surface area contributed by atoms with E-state index in [4.69, 9.17) is 10.5 Å². The Balaban J connectivity index is 2.22. The molecule has 2 N–H and O–H groups in total. The number of hydrogen-bond acceptors (Lipinski definition) is 3. The molecular weight excluding hydrogens is 260 g/mol. The van der Waals surface area contributed by atoms with E-state index in [0.29, 0.717) is 12.3 Å². The van der Waals surface area contributed by atoms with Gasteiger partial charge >= 0.3 is 0 Å². The molecule has 3 nitrogen and oxygen atoms in total. The van der Waals surface area contributed by atoms with Crippen molar-refractivity contribution in [2.24, 2.45) is 0 Å². The number of nitrogens with two attached hydrogens (primary N) is 1. The van der Waals surface area contributed by atoms with Crippen molar-refractivity contribution in [3.05, 3.63) is 52.6 Å². The molecule has 0 aliphatic heterocycles. The van der Waals surface area contributed by atoms with Crippen LogP contribution in [-0.2, 0) is 6.61 Å². The average molecular weight is 284 g/mol. The van der Waals surface area contributed by atoms with Gasteiger partial charge in [0.15, 0.2) is 0 Å². The fourth-order valence-electron chi connectivity index (χ4n) is 2.51. The van der Waals surface area contributed by atoms with Gasteiger partial charge in [0.2, 0.25) is 0 Å². The maximum Gasteiger partial charge on any atom is 0.144 e. The second-order valence-electron chi connectivity index (χ2n) is 5.78. The van der Waals surface area contributed by atoms with Crippen molar-refractivity contribution in [2.45, 2.75) is 27.4 Å². The highest BCUT2D eigenvalue weighted by molar-refractivity contribution is 5.62. The maximum absolute atomic E-state index is 6.01. The molecule has 2 aromatic carbocycles. The van der Waals surface area contributed by atoms with Crippen molar-refractivity contribution in [1.82, 2.24) is 0 Å². The smallest absolute Gasteiger partial charge is 0.144 e. The Hall–Kier alpha value is -2.16. The van der Waals surface area contributed by atoms with Gasteiger partial charge in [-0.05, 0) is 49.6 Å². The van der Waals surface area contributed by atoms with Crippen molar-refractivity contribution >= 4 is 11.4 Å². The van der Waals surface area contributed by atoms with Gasteiger partial charge < -0.3 is 15.4 Å². The molecule has 2 rings (SSSR count). The predicted molar refractivity (Wildman–Crippen MR) is 90.2 cm³/mol. The van der Waals surface area contributed by atoms with E-state index in [9.17, 15) is 0 Å². The van der Waals surface area contributed by atoms with Crippen molar-refractivity contribution in [3.63, 3.8) is 0 Å². The molecule has 0 amide bonds. The lowest BCUT2D eigenvalue weighted by Crippen LogP contribution is -2.09. The fourth-order valence-corrected chi connectivity index (χ4v) is 2.51. The second-order valence-corrected chi connectivity index (χ2v) is 5.78. The minimum atomic E-state index is 0.541. The molecule has 0 heterocycles. The highest BCUT2D eigenvalue weighted by Gasteiger charge is 2.08. The summed E-state index contributed by atoms with van der Waals surface area (Å²) >= 11 is 0. The molecule has 0 aromatic heterocycles. The van der Waals surface area contributed by atoms with Gasteiger partial charge in [0.25, 0.3) is 0 Å². The topological polar surface area (TPSA) is 38.5 Å². The number of ether oxygens (including phenoxy) is 1. The molecule has 0 saturated heterocycles. The lowest BCUT2D eigenvalue weighted by Gasteiger charge is -2.17. The Labute approximate surface area is 127 Å². The maximum atomic E-state index is 6.01. The van der Waals surface area contributed by atoms with E-state index in [-0.39, 0.29) is 0 Å². The number of benzene rings is 2. The molecule has 3 heteroatoms. The van der Waals surface area contributed by atoms with E-state index in [1.165, 1.54) is 22.3 Å². The predicted octanol–water partition coefficient (Wildman–Crippen LogP) is 3.84. The first-order chi connectivity index (χ1) is 9.88. The van der Waals surface area contributed by atoms with Crippen molar-refractivity contribution in [3.8, 4) is 5.75 Å². The van der Waals surface area contributed by atoms with Crippen molar-refractivity contribution < 1.29 is 4.74 Å². The van der Waals surface area contributed by atoms with Crippen molar-refractivity contribution in [1.29, 1.82) is 0 Å². The molecular formula is C18H24N2O. The highest BCUT2D eigenvalue weighted by Crippen LogP contribution is 2.28. The van der Waals surface area contributed by atoms with Gasteiger partial charge in [0.05, 0.1) is 5.69 Å². The summed E-state index contributed by atoms with van der Waals surface area (Å²) in [5.74, 6) is 0.737. The van der Waals surface area contributed by atoms with Crippen LogP contribution in [0.5, 0.6) is 5.75 Å². The van der Waals surface area contributed by atoms with E-state index in [1.54, 1.807) is 0 Å². The van der Waals surface area contributed by atoms with Gasteiger partial charge in [0.1, 0.15) is 12.4 Å². The van der Waals surface area contributed by atoms with Gasteiger partial charge in [-0.15, -0.1) is 0 Å². The van der Waals surface area contributed by atoms with Gasteiger partial charge in [-0.3, -0.25) is 0 Å². The molecule has 0 atom stereocenters. The van der Waals surface area contributed by atoms with Crippen molar-refractivity contribution in [2.75, 3.05) is 24.7 Å². The van der Waals surface area contributed by atoms with Gasteiger partial charge in [-0.2, -0.15) is 0 Å². The second kappa shape index (κ2) is 6.08. The summed E-state index contributed by atoms with van der Waals surface area (Å²) in [6, 6.07) is 10.2. The summed E-state index contributed by atoms with van der Waals surface area (Å²) < 4.78 is 5.96.